The molecule has 0 radical (unpaired) electrons. The third-order valence-electron chi connectivity index (χ3n) is 4.35. The highest BCUT2D eigenvalue weighted by Crippen LogP contribution is 2.25. The molecule has 0 fully saturated rings. The Hall–Kier alpha value is -2.71. The molecule has 3 aromatic rings. The van der Waals surface area contributed by atoms with Gasteiger partial charge in [-0.05, 0) is 31.2 Å². The average molecular weight is 415 g/mol. The van der Waals surface area contributed by atoms with Crippen molar-refractivity contribution < 1.29 is 13.9 Å². The molecule has 1 heterocycles. The summed E-state index contributed by atoms with van der Waals surface area (Å²) in [5.41, 5.74) is 1.63. The molecule has 0 aliphatic carbocycles. The number of hydrogen-bond acceptors (Lipinski definition) is 5. The van der Waals surface area contributed by atoms with E-state index in [4.69, 9.17) is 4.74 Å². The molecule has 1 aromatic heterocycles. The van der Waals surface area contributed by atoms with Crippen LogP contribution in [0.25, 0.3) is 11.4 Å². The van der Waals surface area contributed by atoms with Gasteiger partial charge in [-0.1, -0.05) is 42.1 Å². The van der Waals surface area contributed by atoms with Crippen LogP contribution in [-0.4, -0.2) is 46.7 Å². The lowest BCUT2D eigenvalue weighted by molar-refractivity contribution is -0.116. The maximum Gasteiger partial charge on any atom is 0.237 e. The van der Waals surface area contributed by atoms with Crippen LogP contribution in [-0.2, 0) is 16.1 Å². The Bertz CT molecular complexity index is 932. The summed E-state index contributed by atoms with van der Waals surface area (Å²) in [4.78, 5) is 14.4. The molecule has 152 valence electrons. The highest BCUT2D eigenvalue weighted by Gasteiger charge is 2.18. The van der Waals surface area contributed by atoms with Gasteiger partial charge in [0.1, 0.15) is 5.82 Å². The van der Waals surface area contributed by atoms with Crippen molar-refractivity contribution in [3.05, 3.63) is 60.4 Å². The van der Waals surface area contributed by atoms with E-state index >= 15 is 0 Å². The second kappa shape index (κ2) is 10.2. The Morgan fingerprint density at radius 1 is 1.14 bits per heavy atom. The van der Waals surface area contributed by atoms with Crippen molar-refractivity contribution in [2.75, 3.05) is 30.9 Å². The first-order valence-corrected chi connectivity index (χ1v) is 10.3. The molecule has 0 aliphatic rings. The van der Waals surface area contributed by atoms with Crippen LogP contribution in [0.3, 0.4) is 0 Å². The van der Waals surface area contributed by atoms with Crippen molar-refractivity contribution >= 4 is 23.4 Å². The molecule has 0 N–H and O–H groups in total. The Morgan fingerprint density at radius 2 is 1.86 bits per heavy atom. The summed E-state index contributed by atoms with van der Waals surface area (Å²) < 4.78 is 20.4. The van der Waals surface area contributed by atoms with Gasteiger partial charge in [0.2, 0.25) is 5.91 Å². The molecule has 0 aliphatic heterocycles. The van der Waals surface area contributed by atoms with Crippen molar-refractivity contribution in [2.24, 2.45) is 0 Å². The Balaban J connectivity index is 1.76. The fourth-order valence-corrected chi connectivity index (χ4v) is 3.75. The maximum absolute atomic E-state index is 13.2. The average Bonchev–Trinajstić information content (AvgIpc) is 3.16. The molecule has 0 spiro atoms. The SMILES string of the molecule is CCN(C(=O)CSc1nnc(-c2ccccc2)n1CCOC)c1ccc(F)cc1. The lowest BCUT2D eigenvalue weighted by Gasteiger charge is -2.20. The van der Waals surface area contributed by atoms with Gasteiger partial charge in [0.25, 0.3) is 0 Å². The van der Waals surface area contributed by atoms with Gasteiger partial charge < -0.3 is 9.64 Å². The molecule has 0 saturated heterocycles. The number of aromatic nitrogens is 3. The standard InChI is InChI=1S/C21H23FN4O2S/c1-3-25(18-11-9-17(22)10-12-18)19(27)15-29-21-24-23-20(26(21)13-14-28-2)16-7-5-4-6-8-16/h4-12H,3,13-15H2,1-2H3. The van der Waals surface area contributed by atoms with Gasteiger partial charge in [-0.25, -0.2) is 4.39 Å². The molecule has 8 heteroatoms. The second-order valence-corrected chi connectivity index (χ2v) is 7.16. The molecule has 0 saturated carbocycles. The molecule has 0 bridgehead atoms. The number of methoxy groups -OCH3 is 1. The third-order valence-corrected chi connectivity index (χ3v) is 5.30. The summed E-state index contributed by atoms with van der Waals surface area (Å²) in [5, 5.41) is 9.26. The van der Waals surface area contributed by atoms with E-state index < -0.39 is 0 Å². The van der Waals surface area contributed by atoms with Crippen LogP contribution in [0.1, 0.15) is 6.92 Å². The van der Waals surface area contributed by atoms with Crippen LogP contribution >= 0.6 is 11.8 Å². The highest BCUT2D eigenvalue weighted by molar-refractivity contribution is 7.99. The normalized spacial score (nSPS) is 10.9. The number of nitrogens with zero attached hydrogens (tertiary/aromatic N) is 4. The van der Waals surface area contributed by atoms with E-state index in [0.717, 1.165) is 11.4 Å². The largest absolute Gasteiger partial charge is 0.383 e. The van der Waals surface area contributed by atoms with Crippen molar-refractivity contribution in [1.82, 2.24) is 14.8 Å². The van der Waals surface area contributed by atoms with Crippen LogP contribution in [0.2, 0.25) is 0 Å². The number of carbonyl (C=O) groups excluding carboxylic acids is 1. The van der Waals surface area contributed by atoms with E-state index in [2.05, 4.69) is 10.2 Å². The molecule has 3 rings (SSSR count). The van der Waals surface area contributed by atoms with E-state index in [1.165, 1.54) is 23.9 Å². The zero-order chi connectivity index (χ0) is 20.6. The monoisotopic (exact) mass is 414 g/mol. The Labute approximate surface area is 173 Å². The molecule has 0 atom stereocenters. The van der Waals surface area contributed by atoms with Crippen LogP contribution in [0, 0.1) is 5.82 Å². The predicted molar refractivity (Wildman–Crippen MR) is 112 cm³/mol. The van der Waals surface area contributed by atoms with Gasteiger partial charge in [-0.15, -0.1) is 10.2 Å². The van der Waals surface area contributed by atoms with Crippen LogP contribution in [0.4, 0.5) is 10.1 Å². The van der Waals surface area contributed by atoms with Crippen LogP contribution < -0.4 is 4.90 Å². The number of amides is 1. The van der Waals surface area contributed by atoms with Gasteiger partial charge in [0.15, 0.2) is 11.0 Å². The van der Waals surface area contributed by atoms with E-state index in [1.807, 2.05) is 41.8 Å². The number of benzene rings is 2. The summed E-state index contributed by atoms with van der Waals surface area (Å²) in [6.45, 7) is 3.48. The third kappa shape index (κ3) is 5.21. The first-order chi connectivity index (χ1) is 14.1. The van der Waals surface area contributed by atoms with Gasteiger partial charge in [0.05, 0.1) is 18.9 Å². The number of thioether (sulfide) groups is 1. The number of ether oxygens (including phenoxy) is 1. The lowest BCUT2D eigenvalue weighted by Crippen LogP contribution is -2.32. The molecular formula is C21H23FN4O2S. The van der Waals surface area contributed by atoms with Gasteiger partial charge in [0, 0.05) is 24.9 Å². The minimum absolute atomic E-state index is 0.0772. The van der Waals surface area contributed by atoms with Crippen molar-refractivity contribution in [3.8, 4) is 11.4 Å². The quantitative estimate of drug-likeness (QED) is 0.498. The molecule has 2 aromatic carbocycles. The second-order valence-electron chi connectivity index (χ2n) is 6.22. The van der Waals surface area contributed by atoms with Crippen molar-refractivity contribution in [3.63, 3.8) is 0 Å². The Kier molecular flexibility index (Phi) is 7.37. The summed E-state index contributed by atoms with van der Waals surface area (Å²) >= 11 is 1.33. The minimum Gasteiger partial charge on any atom is -0.383 e. The van der Waals surface area contributed by atoms with Crippen molar-refractivity contribution in [1.29, 1.82) is 0 Å². The number of rotatable bonds is 9. The number of halogens is 1. The van der Waals surface area contributed by atoms with Gasteiger partial charge in [-0.3, -0.25) is 9.36 Å². The number of anilines is 1. The first kappa shape index (κ1) is 21.0. The molecule has 0 unspecified atom stereocenters. The summed E-state index contributed by atoms with van der Waals surface area (Å²) in [6, 6.07) is 15.7. The van der Waals surface area contributed by atoms with E-state index in [-0.39, 0.29) is 17.5 Å². The Morgan fingerprint density at radius 3 is 2.52 bits per heavy atom. The van der Waals surface area contributed by atoms with Gasteiger partial charge >= 0.3 is 0 Å². The lowest BCUT2D eigenvalue weighted by atomic mass is 10.2. The molecule has 29 heavy (non-hydrogen) atoms. The summed E-state index contributed by atoms with van der Waals surface area (Å²) in [7, 11) is 1.64. The highest BCUT2D eigenvalue weighted by atomic mass is 32.2. The number of carbonyl (C=O) groups is 1. The van der Waals surface area contributed by atoms with Gasteiger partial charge in [-0.2, -0.15) is 0 Å². The van der Waals surface area contributed by atoms with E-state index in [0.29, 0.717) is 30.5 Å². The number of hydrogen-bond donors (Lipinski definition) is 0. The molecular weight excluding hydrogens is 391 g/mol. The van der Waals surface area contributed by atoms with Crippen LogP contribution in [0.5, 0.6) is 0 Å². The summed E-state index contributed by atoms with van der Waals surface area (Å²) in [6.07, 6.45) is 0. The smallest absolute Gasteiger partial charge is 0.237 e. The first-order valence-electron chi connectivity index (χ1n) is 9.30. The topological polar surface area (TPSA) is 60.2 Å². The fraction of sp³-hybridized carbons (Fsp3) is 0.286. The fourth-order valence-electron chi connectivity index (χ4n) is 2.91. The van der Waals surface area contributed by atoms with E-state index in [1.54, 1.807) is 24.1 Å². The zero-order valence-electron chi connectivity index (χ0n) is 16.4. The molecule has 6 nitrogen and oxygen atoms in total. The molecule has 1 amide bonds. The minimum atomic E-state index is -0.327. The summed E-state index contributed by atoms with van der Waals surface area (Å²) in [5.74, 6) is 0.534. The van der Waals surface area contributed by atoms with Crippen molar-refractivity contribution in [2.45, 2.75) is 18.6 Å². The van der Waals surface area contributed by atoms with E-state index in [9.17, 15) is 9.18 Å². The maximum atomic E-state index is 13.2. The zero-order valence-corrected chi connectivity index (χ0v) is 17.2. The predicted octanol–water partition coefficient (Wildman–Crippen LogP) is 3.88. The van der Waals surface area contributed by atoms with Crippen LogP contribution in [0.15, 0.2) is 59.8 Å².